The molecular weight excluding hydrogens is 977 g/mol. The number of rotatable bonds is 13. The van der Waals surface area contributed by atoms with Crippen LogP contribution in [-0.2, 0) is 66.7 Å². The highest BCUT2D eigenvalue weighted by Gasteiger charge is 2.76. The van der Waals surface area contributed by atoms with Crippen molar-refractivity contribution in [1.82, 2.24) is 0 Å². The second kappa shape index (κ2) is 19.9. The van der Waals surface area contributed by atoms with Gasteiger partial charge in [0.15, 0.2) is 25.2 Å². The lowest BCUT2D eigenvalue weighted by Gasteiger charge is -2.64. The van der Waals surface area contributed by atoms with Crippen LogP contribution >= 0.6 is 0 Å². The molecule has 410 valence electrons. The molecule has 23 nitrogen and oxygen atoms in total. The van der Waals surface area contributed by atoms with Crippen molar-refractivity contribution < 1.29 is 110 Å². The van der Waals surface area contributed by atoms with Crippen LogP contribution in [0.25, 0.3) is 0 Å². The molecule has 24 heteroatoms. The number of fused-ring (bicyclic) bond motifs is 5. The third kappa shape index (κ3) is 8.87. The predicted octanol–water partition coefficient (Wildman–Crippen LogP) is -0.872. The van der Waals surface area contributed by atoms with Gasteiger partial charge in [-0.05, 0) is 75.0 Å². The second-order valence-corrected chi connectivity index (χ2v) is 23.8. The van der Waals surface area contributed by atoms with E-state index in [9.17, 15) is 58.6 Å². The number of carbonyl (C=O) groups excluding carboxylic acids is 1. The third-order valence-electron chi connectivity index (χ3n) is 18.5. The first kappa shape index (κ1) is 54.9. The Morgan fingerprint density at radius 3 is 2.11 bits per heavy atom. The average Bonchev–Trinajstić information content (AvgIpc) is 3.74. The van der Waals surface area contributed by atoms with Crippen LogP contribution in [0.5, 0.6) is 0 Å². The summed E-state index contributed by atoms with van der Waals surface area (Å²) in [6.07, 6.45) is -23.1. The van der Waals surface area contributed by atoms with E-state index in [2.05, 4.69) is 40.3 Å². The van der Waals surface area contributed by atoms with Crippen LogP contribution in [0.2, 0.25) is 0 Å². The van der Waals surface area contributed by atoms with Crippen LogP contribution in [0.1, 0.15) is 80.1 Å². The number of carbonyl (C=O) groups is 1. The summed E-state index contributed by atoms with van der Waals surface area (Å²) in [5, 5.41) is 88.3. The molecule has 0 aromatic carbocycles. The van der Waals surface area contributed by atoms with E-state index in [-0.39, 0.29) is 47.3 Å². The Balaban J connectivity index is 0.904. The van der Waals surface area contributed by atoms with E-state index < -0.39 is 151 Å². The van der Waals surface area contributed by atoms with Crippen molar-refractivity contribution in [3.63, 3.8) is 0 Å². The molecule has 4 aliphatic carbocycles. The molecule has 2 bridgehead atoms. The normalized spacial score (nSPS) is 52.1. The molecule has 9 rings (SSSR count). The summed E-state index contributed by atoms with van der Waals surface area (Å²) in [6, 6.07) is 0. The Kier molecular flexibility index (Phi) is 15.1. The molecule has 26 unspecified atom stereocenters. The van der Waals surface area contributed by atoms with E-state index in [1.807, 2.05) is 6.92 Å². The van der Waals surface area contributed by atoms with Crippen molar-refractivity contribution in [2.75, 3.05) is 26.9 Å². The van der Waals surface area contributed by atoms with Gasteiger partial charge in [-0.2, -0.15) is 8.42 Å². The van der Waals surface area contributed by atoms with E-state index in [1.165, 1.54) is 19.6 Å². The zero-order chi connectivity index (χ0) is 52.4. The van der Waals surface area contributed by atoms with Crippen LogP contribution in [0.4, 0.5) is 0 Å². The van der Waals surface area contributed by atoms with Crippen molar-refractivity contribution in [3.05, 3.63) is 23.8 Å². The first-order valence-corrected chi connectivity index (χ1v) is 26.4. The fourth-order valence-corrected chi connectivity index (χ4v) is 15.4. The minimum atomic E-state index is -5.13. The number of methoxy groups -OCH3 is 1. The van der Waals surface area contributed by atoms with Gasteiger partial charge in [0.2, 0.25) is 0 Å². The highest BCUT2D eigenvalue weighted by atomic mass is 32.3. The molecule has 9 N–H and O–H groups in total. The Labute approximate surface area is 418 Å². The van der Waals surface area contributed by atoms with Gasteiger partial charge in [0.25, 0.3) is 0 Å². The maximum Gasteiger partial charge on any atom is 0.397 e. The summed E-state index contributed by atoms with van der Waals surface area (Å²) in [5.41, 5.74) is 0.529. The number of hydrogen-bond acceptors (Lipinski definition) is 22. The van der Waals surface area contributed by atoms with Crippen molar-refractivity contribution in [1.29, 1.82) is 0 Å². The molecule has 1 spiro atoms. The van der Waals surface area contributed by atoms with E-state index in [0.717, 1.165) is 24.8 Å². The van der Waals surface area contributed by atoms with E-state index in [0.29, 0.717) is 19.3 Å². The molecule has 0 aromatic heterocycles. The van der Waals surface area contributed by atoms with Crippen LogP contribution < -0.4 is 0 Å². The number of esters is 1. The molecule has 5 aliphatic heterocycles. The van der Waals surface area contributed by atoms with Gasteiger partial charge in [-0.15, -0.1) is 0 Å². The van der Waals surface area contributed by atoms with Gasteiger partial charge in [0.05, 0.1) is 37.4 Å². The van der Waals surface area contributed by atoms with E-state index in [4.69, 9.17) is 51.6 Å². The molecule has 5 saturated heterocycles. The standard InChI is InChI=1S/C48H74O23S/c1-19(2)29-24-15-47(7)22-9-10-27-45(4,5)28(12-13-46(27,6)21(22)11-14-48(29,47)44(57)66-24)67-43-39(31(52)26(18-63-43)71-72(58,59)60)70-41-33(54)32(53)36(20(3)64-41)68-42-35(56)38(30(51)25(16-49)65-42)69-40-34(55)37(61-8)23(50)17-62-40/h9,20-21,23-43,49-56H,1,10-18H2,2-8H3,(H,58,59,60). The molecular formula is C48H74O23S. The van der Waals surface area contributed by atoms with Crippen LogP contribution in [0.3, 0.4) is 0 Å². The second-order valence-electron chi connectivity index (χ2n) is 22.7. The quantitative estimate of drug-likeness (QED) is 0.0615. The summed E-state index contributed by atoms with van der Waals surface area (Å²) in [6.45, 7) is 14.8. The molecule has 3 saturated carbocycles. The smallest absolute Gasteiger partial charge is 0.397 e. The molecule has 0 amide bonds. The summed E-state index contributed by atoms with van der Waals surface area (Å²) < 4.78 is 97.1. The first-order chi connectivity index (χ1) is 33.7. The van der Waals surface area contributed by atoms with Crippen molar-refractivity contribution in [2.24, 2.45) is 39.4 Å². The maximum atomic E-state index is 13.7. The van der Waals surface area contributed by atoms with Crippen molar-refractivity contribution >= 4 is 16.4 Å². The lowest BCUT2D eigenvalue weighted by molar-refractivity contribution is -0.386. The number of allylic oxidation sites excluding steroid dienone is 2. The third-order valence-corrected chi connectivity index (χ3v) is 18.9. The lowest BCUT2D eigenvalue weighted by Crippen LogP contribution is -2.66. The SMILES string of the molecule is C=C(C)C1C2CC3(C)C4=CCC5C(C)(C)C(OC6OCC(OS(=O)(=O)O)C(O)C6OC6OC(C)C(OC7OC(CO)C(O)C(OC8OCC(O)C(OC)C8O)C7O)C(O)C6O)CCC5(C)C4CCC13C(=O)O2. The van der Waals surface area contributed by atoms with Crippen LogP contribution in [0.15, 0.2) is 23.8 Å². The largest absolute Gasteiger partial charge is 0.461 e. The Morgan fingerprint density at radius 1 is 0.792 bits per heavy atom. The highest BCUT2D eigenvalue weighted by molar-refractivity contribution is 7.80. The fourth-order valence-electron chi connectivity index (χ4n) is 14.9. The zero-order valence-electron chi connectivity index (χ0n) is 41.6. The molecule has 72 heavy (non-hydrogen) atoms. The number of aliphatic hydroxyl groups is 8. The summed E-state index contributed by atoms with van der Waals surface area (Å²) in [7, 11) is -3.88. The number of hydrogen-bond donors (Lipinski definition) is 9. The summed E-state index contributed by atoms with van der Waals surface area (Å²) >= 11 is 0. The topological polar surface area (TPSA) is 335 Å². The molecule has 0 radical (unpaired) electrons. The number of aliphatic hydroxyl groups excluding tert-OH is 8. The summed E-state index contributed by atoms with van der Waals surface area (Å²) in [4.78, 5) is 13.7. The predicted molar refractivity (Wildman–Crippen MR) is 242 cm³/mol. The van der Waals surface area contributed by atoms with E-state index in [1.54, 1.807) is 0 Å². The monoisotopic (exact) mass is 1050 g/mol. The van der Waals surface area contributed by atoms with Gasteiger partial charge in [0, 0.05) is 18.4 Å². The molecule has 9 aliphatic rings. The zero-order valence-corrected chi connectivity index (χ0v) is 42.4. The fraction of sp³-hybridized carbons (Fsp3) is 0.896. The minimum Gasteiger partial charge on any atom is -0.461 e. The van der Waals surface area contributed by atoms with Gasteiger partial charge in [0.1, 0.15) is 85.5 Å². The van der Waals surface area contributed by atoms with Gasteiger partial charge in [-0.1, -0.05) is 51.5 Å². The van der Waals surface area contributed by atoms with Gasteiger partial charge in [-0.3, -0.25) is 9.35 Å². The number of ether oxygens (including phenoxy) is 10. The Bertz CT molecular complexity index is 2160. The summed E-state index contributed by atoms with van der Waals surface area (Å²) in [5.74, 6) is 0.106. The van der Waals surface area contributed by atoms with E-state index >= 15 is 0 Å². The Hall–Kier alpha value is -1.86. The van der Waals surface area contributed by atoms with Crippen molar-refractivity contribution in [3.8, 4) is 0 Å². The molecule has 0 aromatic rings. The van der Waals surface area contributed by atoms with Gasteiger partial charge < -0.3 is 88.2 Å². The van der Waals surface area contributed by atoms with Crippen LogP contribution in [0, 0.1) is 39.4 Å². The minimum absolute atomic E-state index is 0.0360. The Morgan fingerprint density at radius 2 is 1.44 bits per heavy atom. The molecule has 8 fully saturated rings. The molecule has 5 heterocycles. The lowest BCUT2D eigenvalue weighted by atomic mass is 9.40. The van der Waals surface area contributed by atoms with Gasteiger partial charge >= 0.3 is 16.4 Å². The first-order valence-electron chi connectivity index (χ1n) is 25.0. The van der Waals surface area contributed by atoms with Gasteiger partial charge in [-0.25, -0.2) is 4.18 Å². The molecule has 26 atom stereocenters. The highest BCUT2D eigenvalue weighted by Crippen LogP contribution is 2.76. The van der Waals surface area contributed by atoms with Crippen molar-refractivity contribution in [2.45, 2.75) is 203 Å². The average molecular weight is 1050 g/mol. The maximum absolute atomic E-state index is 13.7. The van der Waals surface area contributed by atoms with Crippen LogP contribution in [-0.4, -0.2) is 210 Å².